The van der Waals surface area contributed by atoms with Crippen molar-refractivity contribution in [2.24, 2.45) is 0 Å². The summed E-state index contributed by atoms with van der Waals surface area (Å²) in [5, 5.41) is 0. The normalized spacial score (nSPS) is 11.1. The molecule has 0 radical (unpaired) electrons. The zero-order chi connectivity index (χ0) is 17.9. The SMILES string of the molecule is C/C=C\C.Cc1ccc(/C(=C/c2ccccc2)c2ccccc2)cc1. The van der Waals surface area contributed by atoms with Crippen molar-refractivity contribution in [2.75, 3.05) is 0 Å². The third-order valence-electron chi connectivity index (χ3n) is 3.89. The van der Waals surface area contributed by atoms with Gasteiger partial charge >= 0.3 is 0 Å². The average molecular weight is 326 g/mol. The van der Waals surface area contributed by atoms with Crippen molar-refractivity contribution < 1.29 is 0 Å². The molecule has 0 N–H and O–H groups in total. The first-order valence-electron chi connectivity index (χ1n) is 8.71. The Morgan fingerprint density at radius 1 is 0.600 bits per heavy atom. The predicted octanol–water partition coefficient (Wildman–Crippen LogP) is 7.17. The summed E-state index contributed by atoms with van der Waals surface area (Å²) in [6, 6.07) is 29.7. The van der Waals surface area contributed by atoms with Gasteiger partial charge in [0.2, 0.25) is 0 Å². The molecule has 0 heterocycles. The standard InChI is InChI=1S/C21H18.C4H8/c1-17-12-14-20(15-13-17)21(19-10-6-3-7-11-19)16-18-8-4-2-5-9-18;1-3-4-2/h2-16H,1H3;3-4H,1-2H3/b21-16+;4-3-. The third kappa shape index (κ3) is 5.93. The second-order valence-corrected chi connectivity index (χ2v) is 5.87. The lowest BCUT2D eigenvalue weighted by Gasteiger charge is -2.09. The lowest BCUT2D eigenvalue weighted by Crippen LogP contribution is -1.88. The first kappa shape index (κ1) is 18.5. The smallest absolute Gasteiger partial charge is 0.0105 e. The van der Waals surface area contributed by atoms with Crippen LogP contribution in [0.1, 0.15) is 36.1 Å². The van der Waals surface area contributed by atoms with Crippen LogP contribution in [-0.2, 0) is 0 Å². The number of aryl methyl sites for hydroxylation is 1. The van der Waals surface area contributed by atoms with Gasteiger partial charge in [0.15, 0.2) is 0 Å². The maximum absolute atomic E-state index is 2.25. The Bertz CT molecular complexity index is 788. The van der Waals surface area contributed by atoms with Crippen molar-refractivity contribution >= 4 is 11.6 Å². The van der Waals surface area contributed by atoms with E-state index in [1.165, 1.54) is 27.8 Å². The van der Waals surface area contributed by atoms with E-state index in [0.717, 1.165) is 0 Å². The van der Waals surface area contributed by atoms with Gasteiger partial charge in [0.25, 0.3) is 0 Å². The van der Waals surface area contributed by atoms with Crippen LogP contribution < -0.4 is 0 Å². The van der Waals surface area contributed by atoms with Gasteiger partial charge in [-0.3, -0.25) is 0 Å². The number of hydrogen-bond acceptors (Lipinski definition) is 0. The van der Waals surface area contributed by atoms with Crippen molar-refractivity contribution in [1.82, 2.24) is 0 Å². The molecule has 0 unspecified atom stereocenters. The van der Waals surface area contributed by atoms with Crippen LogP contribution in [0.3, 0.4) is 0 Å². The predicted molar refractivity (Wildman–Crippen MR) is 112 cm³/mol. The van der Waals surface area contributed by atoms with Gasteiger partial charge in [0.1, 0.15) is 0 Å². The number of rotatable bonds is 3. The molecule has 0 fully saturated rings. The summed E-state index contributed by atoms with van der Waals surface area (Å²) >= 11 is 0. The third-order valence-corrected chi connectivity index (χ3v) is 3.89. The van der Waals surface area contributed by atoms with E-state index < -0.39 is 0 Å². The van der Waals surface area contributed by atoms with Crippen LogP contribution in [0.25, 0.3) is 11.6 Å². The maximum Gasteiger partial charge on any atom is -0.0105 e. The molecule has 25 heavy (non-hydrogen) atoms. The molecule has 0 amide bonds. The molecule has 3 aromatic rings. The quantitative estimate of drug-likeness (QED) is 0.353. The number of allylic oxidation sites excluding steroid dienone is 2. The largest absolute Gasteiger partial charge is 0.0919 e. The van der Waals surface area contributed by atoms with Crippen LogP contribution in [-0.4, -0.2) is 0 Å². The zero-order valence-corrected chi connectivity index (χ0v) is 15.3. The summed E-state index contributed by atoms with van der Waals surface area (Å²) in [5.41, 5.74) is 6.24. The molecule has 0 saturated heterocycles. The Hall–Kier alpha value is -2.86. The van der Waals surface area contributed by atoms with Crippen LogP contribution in [0.2, 0.25) is 0 Å². The Morgan fingerprint density at radius 3 is 1.60 bits per heavy atom. The van der Waals surface area contributed by atoms with Crippen LogP contribution in [0.5, 0.6) is 0 Å². The van der Waals surface area contributed by atoms with Gasteiger partial charge in [-0.15, -0.1) is 0 Å². The molecule has 126 valence electrons. The van der Waals surface area contributed by atoms with Crippen molar-refractivity contribution in [3.8, 4) is 0 Å². The van der Waals surface area contributed by atoms with Crippen molar-refractivity contribution in [2.45, 2.75) is 20.8 Å². The maximum atomic E-state index is 2.25. The van der Waals surface area contributed by atoms with Crippen molar-refractivity contribution in [1.29, 1.82) is 0 Å². The molecule has 0 nitrogen and oxygen atoms in total. The fraction of sp³-hybridized carbons (Fsp3) is 0.120. The second-order valence-electron chi connectivity index (χ2n) is 5.87. The minimum atomic E-state index is 1.22. The number of benzene rings is 3. The van der Waals surface area contributed by atoms with Gasteiger partial charge in [-0.2, -0.15) is 0 Å². The molecular formula is C25H26. The molecule has 0 saturated carbocycles. The highest BCUT2D eigenvalue weighted by molar-refractivity contribution is 5.91. The molecule has 3 rings (SSSR count). The summed E-state index contributed by atoms with van der Waals surface area (Å²) in [6.45, 7) is 6.12. The van der Waals surface area contributed by atoms with E-state index in [-0.39, 0.29) is 0 Å². The Morgan fingerprint density at radius 2 is 1.08 bits per heavy atom. The molecule has 0 aliphatic heterocycles. The van der Waals surface area contributed by atoms with Gasteiger partial charge < -0.3 is 0 Å². The highest BCUT2D eigenvalue weighted by Gasteiger charge is 2.04. The van der Waals surface area contributed by atoms with Gasteiger partial charge in [0, 0.05) is 0 Å². The van der Waals surface area contributed by atoms with E-state index in [1.54, 1.807) is 0 Å². The fourth-order valence-corrected chi connectivity index (χ4v) is 2.40. The topological polar surface area (TPSA) is 0 Å². The summed E-state index contributed by atoms with van der Waals surface area (Å²) < 4.78 is 0. The molecule has 0 aliphatic rings. The summed E-state index contributed by atoms with van der Waals surface area (Å²) in [7, 11) is 0. The molecule has 0 heteroatoms. The van der Waals surface area contributed by atoms with E-state index >= 15 is 0 Å². The molecule has 0 aromatic heterocycles. The molecule has 0 aliphatic carbocycles. The van der Waals surface area contributed by atoms with Crippen LogP contribution >= 0.6 is 0 Å². The van der Waals surface area contributed by atoms with Crippen molar-refractivity contribution in [3.63, 3.8) is 0 Å². The van der Waals surface area contributed by atoms with E-state index in [4.69, 9.17) is 0 Å². The van der Waals surface area contributed by atoms with Crippen molar-refractivity contribution in [3.05, 3.63) is 119 Å². The molecular weight excluding hydrogens is 300 g/mol. The first-order valence-corrected chi connectivity index (χ1v) is 8.71. The zero-order valence-electron chi connectivity index (χ0n) is 15.3. The van der Waals surface area contributed by atoms with Crippen LogP contribution in [0.15, 0.2) is 97.1 Å². The van der Waals surface area contributed by atoms with Crippen LogP contribution in [0.4, 0.5) is 0 Å². The Balaban J connectivity index is 0.000000511. The highest BCUT2D eigenvalue weighted by Crippen LogP contribution is 2.26. The highest BCUT2D eigenvalue weighted by atomic mass is 14.1. The lowest BCUT2D eigenvalue weighted by atomic mass is 9.95. The van der Waals surface area contributed by atoms with E-state index in [1.807, 2.05) is 32.1 Å². The molecule has 0 atom stereocenters. The minimum Gasteiger partial charge on any atom is -0.0919 e. The molecule has 0 bridgehead atoms. The Labute approximate surface area is 152 Å². The fourth-order valence-electron chi connectivity index (χ4n) is 2.40. The van der Waals surface area contributed by atoms with Gasteiger partial charge in [-0.1, -0.05) is 103 Å². The first-order chi connectivity index (χ1) is 12.2. The summed E-state index contributed by atoms with van der Waals surface area (Å²) in [5.74, 6) is 0. The monoisotopic (exact) mass is 326 g/mol. The van der Waals surface area contributed by atoms with Crippen LogP contribution in [0, 0.1) is 6.92 Å². The second kappa shape index (κ2) is 10.1. The van der Waals surface area contributed by atoms with Gasteiger partial charge in [-0.25, -0.2) is 0 Å². The van der Waals surface area contributed by atoms with E-state index in [0.29, 0.717) is 0 Å². The van der Waals surface area contributed by atoms with Gasteiger partial charge in [-0.05, 0) is 49.1 Å². The molecule has 0 spiro atoms. The molecule has 3 aromatic carbocycles. The summed E-state index contributed by atoms with van der Waals surface area (Å²) in [6.07, 6.45) is 6.25. The summed E-state index contributed by atoms with van der Waals surface area (Å²) in [4.78, 5) is 0. The lowest BCUT2D eigenvalue weighted by molar-refractivity contribution is 1.45. The number of hydrogen-bond donors (Lipinski definition) is 0. The Kier molecular flexibility index (Phi) is 7.46. The van der Waals surface area contributed by atoms with Gasteiger partial charge in [0.05, 0.1) is 0 Å². The van der Waals surface area contributed by atoms with E-state index in [9.17, 15) is 0 Å². The average Bonchev–Trinajstić information content (AvgIpc) is 2.69. The minimum absolute atomic E-state index is 1.22. The van der Waals surface area contributed by atoms with E-state index in [2.05, 4.69) is 91.9 Å².